The van der Waals surface area contributed by atoms with Gasteiger partial charge in [-0.1, -0.05) is 23.4 Å². The van der Waals surface area contributed by atoms with Crippen LogP contribution >= 0.6 is 34.7 Å². The molecule has 0 aliphatic heterocycles. The molecule has 0 radical (unpaired) electrons. The molecule has 8 heteroatoms. The van der Waals surface area contributed by atoms with E-state index in [-0.39, 0.29) is 11.5 Å². The molecule has 0 saturated heterocycles. The van der Waals surface area contributed by atoms with Crippen LogP contribution in [0.5, 0.6) is 0 Å². The van der Waals surface area contributed by atoms with Crippen LogP contribution in [0.15, 0.2) is 47.1 Å². The van der Waals surface area contributed by atoms with Crippen LogP contribution in [-0.4, -0.2) is 33.6 Å². The topological polar surface area (TPSA) is 69.2 Å². The van der Waals surface area contributed by atoms with Gasteiger partial charge in [0.15, 0.2) is 6.10 Å². The molecule has 128 valence electrons. The number of fused-ring (bicyclic) bond motifs is 1. The van der Waals surface area contributed by atoms with Crippen molar-refractivity contribution >= 4 is 56.7 Å². The molecule has 3 aromatic rings. The van der Waals surface area contributed by atoms with Crippen molar-refractivity contribution in [1.29, 1.82) is 0 Å². The average molecular weight is 393 g/mol. The molecule has 25 heavy (non-hydrogen) atoms. The molecule has 0 amide bonds. The number of ether oxygens (including phenoxy) is 1. The van der Waals surface area contributed by atoms with Gasteiger partial charge in [-0.25, -0.2) is 9.97 Å². The van der Waals surface area contributed by atoms with Crippen LogP contribution in [0.25, 0.3) is 10.2 Å². The van der Waals surface area contributed by atoms with Gasteiger partial charge in [0, 0.05) is 16.0 Å². The maximum Gasteiger partial charge on any atom is 0.317 e. The zero-order valence-corrected chi connectivity index (χ0v) is 15.5. The normalized spacial score (nSPS) is 12.1. The zero-order chi connectivity index (χ0) is 17.8. The number of carbonyl (C=O) groups is 2. The number of thioether (sulfide) groups is 1. The lowest BCUT2D eigenvalue weighted by Crippen LogP contribution is -2.25. The summed E-state index contributed by atoms with van der Waals surface area (Å²) < 4.78 is 5.23. The van der Waals surface area contributed by atoms with Gasteiger partial charge in [-0.05, 0) is 42.6 Å². The van der Waals surface area contributed by atoms with E-state index >= 15 is 0 Å². The molecule has 3 rings (SSSR count). The second-order valence-corrected chi connectivity index (χ2v) is 7.41. The number of rotatable bonds is 6. The van der Waals surface area contributed by atoms with Crippen LogP contribution in [0.2, 0.25) is 5.02 Å². The van der Waals surface area contributed by atoms with Crippen molar-refractivity contribution < 1.29 is 14.3 Å². The van der Waals surface area contributed by atoms with Crippen molar-refractivity contribution in [2.24, 2.45) is 0 Å². The van der Waals surface area contributed by atoms with Gasteiger partial charge in [0.2, 0.25) is 5.78 Å². The number of halogens is 1. The van der Waals surface area contributed by atoms with Crippen molar-refractivity contribution in [1.82, 2.24) is 9.97 Å². The lowest BCUT2D eigenvalue weighted by atomic mass is 10.1. The number of aromatic nitrogens is 2. The average Bonchev–Trinajstić information content (AvgIpc) is 3.09. The SMILES string of the molecule is C[C@@H](OC(=O)CSc1ncnc2sccc12)C(=O)c1ccc(Cl)cc1. The summed E-state index contributed by atoms with van der Waals surface area (Å²) in [5, 5.41) is 4.10. The first-order valence-corrected chi connectivity index (χ1v) is 9.59. The number of hydrogen-bond donors (Lipinski definition) is 0. The molecule has 0 bridgehead atoms. The van der Waals surface area contributed by atoms with Crippen molar-refractivity contribution in [2.45, 2.75) is 18.1 Å². The minimum Gasteiger partial charge on any atom is -0.454 e. The molecule has 2 heterocycles. The van der Waals surface area contributed by atoms with Crippen LogP contribution < -0.4 is 0 Å². The molecule has 0 unspecified atom stereocenters. The maximum atomic E-state index is 12.3. The Labute approximate surface area is 157 Å². The van der Waals surface area contributed by atoms with E-state index in [9.17, 15) is 9.59 Å². The van der Waals surface area contributed by atoms with Crippen molar-refractivity contribution in [3.8, 4) is 0 Å². The first-order chi connectivity index (χ1) is 12.0. The summed E-state index contributed by atoms with van der Waals surface area (Å²) >= 11 is 8.58. The van der Waals surface area contributed by atoms with E-state index < -0.39 is 12.1 Å². The Morgan fingerprint density at radius 2 is 2.00 bits per heavy atom. The molecule has 1 atom stereocenters. The summed E-state index contributed by atoms with van der Waals surface area (Å²) in [5.41, 5.74) is 0.452. The molecule has 5 nitrogen and oxygen atoms in total. The predicted molar refractivity (Wildman–Crippen MR) is 99.5 cm³/mol. The van der Waals surface area contributed by atoms with E-state index in [1.165, 1.54) is 29.4 Å². The number of nitrogens with zero attached hydrogens (tertiary/aromatic N) is 2. The van der Waals surface area contributed by atoms with Gasteiger partial charge in [0.25, 0.3) is 0 Å². The van der Waals surface area contributed by atoms with Gasteiger partial charge in [-0.3, -0.25) is 9.59 Å². The third-order valence-corrected chi connectivity index (χ3v) is 5.41. The number of benzene rings is 1. The largest absolute Gasteiger partial charge is 0.454 e. The Kier molecular flexibility index (Phi) is 5.67. The summed E-state index contributed by atoms with van der Waals surface area (Å²) in [6, 6.07) is 8.39. The summed E-state index contributed by atoms with van der Waals surface area (Å²) in [6.07, 6.45) is 0.611. The fourth-order valence-corrected chi connectivity index (χ4v) is 3.83. The fourth-order valence-electron chi connectivity index (χ4n) is 2.14. The number of thiophene rings is 1. The Morgan fingerprint density at radius 3 is 2.76 bits per heavy atom. The molecular weight excluding hydrogens is 380 g/mol. The second-order valence-electron chi connectivity index (χ2n) is 5.11. The van der Waals surface area contributed by atoms with Crippen molar-refractivity contribution in [2.75, 3.05) is 5.75 Å². The van der Waals surface area contributed by atoms with Gasteiger partial charge in [0.05, 0.1) is 5.75 Å². The number of Topliss-reactive ketones (excluding diaryl/α,β-unsaturated/α-hetero) is 1. The number of hydrogen-bond acceptors (Lipinski definition) is 7. The minimum atomic E-state index is -0.860. The van der Waals surface area contributed by atoms with Crippen LogP contribution in [0.1, 0.15) is 17.3 Å². The van der Waals surface area contributed by atoms with Gasteiger partial charge in [0.1, 0.15) is 16.2 Å². The van der Waals surface area contributed by atoms with Crippen molar-refractivity contribution in [3.05, 3.63) is 52.6 Å². The Morgan fingerprint density at radius 1 is 1.24 bits per heavy atom. The zero-order valence-electron chi connectivity index (χ0n) is 13.1. The molecule has 0 spiro atoms. The van der Waals surface area contributed by atoms with Gasteiger partial charge < -0.3 is 4.74 Å². The Balaban J connectivity index is 1.57. The van der Waals surface area contributed by atoms with Crippen LogP contribution in [-0.2, 0) is 9.53 Å². The Bertz CT molecular complexity index is 912. The fraction of sp³-hybridized carbons (Fsp3) is 0.176. The molecule has 0 fully saturated rings. The van der Waals surface area contributed by atoms with E-state index in [4.69, 9.17) is 16.3 Å². The highest BCUT2D eigenvalue weighted by molar-refractivity contribution is 8.00. The summed E-state index contributed by atoms with van der Waals surface area (Å²) in [6.45, 7) is 1.56. The third kappa shape index (κ3) is 4.36. The molecule has 1 aromatic carbocycles. The van der Waals surface area contributed by atoms with Crippen LogP contribution in [0, 0.1) is 0 Å². The monoisotopic (exact) mass is 392 g/mol. The highest BCUT2D eigenvalue weighted by atomic mass is 35.5. The number of carbonyl (C=O) groups excluding carboxylic acids is 2. The predicted octanol–water partition coefficient (Wildman–Crippen LogP) is 4.25. The first-order valence-electron chi connectivity index (χ1n) is 7.35. The third-order valence-electron chi connectivity index (χ3n) is 3.36. The maximum absolute atomic E-state index is 12.3. The minimum absolute atomic E-state index is 0.0696. The van der Waals surface area contributed by atoms with Gasteiger partial charge in [-0.15, -0.1) is 11.3 Å². The highest BCUT2D eigenvalue weighted by Crippen LogP contribution is 2.27. The first kappa shape index (κ1) is 17.8. The molecule has 0 aliphatic carbocycles. The van der Waals surface area contributed by atoms with Gasteiger partial charge in [-0.2, -0.15) is 0 Å². The molecule has 0 N–H and O–H groups in total. The summed E-state index contributed by atoms with van der Waals surface area (Å²) in [4.78, 5) is 33.5. The smallest absolute Gasteiger partial charge is 0.317 e. The van der Waals surface area contributed by atoms with E-state index in [1.807, 2.05) is 11.4 Å². The van der Waals surface area contributed by atoms with E-state index in [1.54, 1.807) is 31.2 Å². The molecule has 2 aromatic heterocycles. The van der Waals surface area contributed by atoms with E-state index in [0.717, 1.165) is 15.2 Å². The lowest BCUT2D eigenvalue weighted by Gasteiger charge is -2.12. The second kappa shape index (κ2) is 7.95. The van der Waals surface area contributed by atoms with E-state index in [0.29, 0.717) is 10.6 Å². The summed E-state index contributed by atoms with van der Waals surface area (Å²) in [5.74, 6) is -0.667. The lowest BCUT2D eigenvalue weighted by molar-refractivity contribution is -0.143. The van der Waals surface area contributed by atoms with Crippen LogP contribution in [0.3, 0.4) is 0 Å². The standard InChI is InChI=1S/C17H13ClN2O3S2/c1-10(15(22)11-2-4-12(18)5-3-11)23-14(21)8-25-17-13-6-7-24-16(13)19-9-20-17/h2-7,9-10H,8H2,1H3/t10-/m1/s1. The summed E-state index contributed by atoms with van der Waals surface area (Å²) in [7, 11) is 0. The molecular formula is C17H13ClN2O3S2. The Hall–Kier alpha value is -1.96. The van der Waals surface area contributed by atoms with Crippen molar-refractivity contribution in [3.63, 3.8) is 0 Å². The van der Waals surface area contributed by atoms with Crippen LogP contribution in [0.4, 0.5) is 0 Å². The molecule has 0 aliphatic rings. The highest BCUT2D eigenvalue weighted by Gasteiger charge is 2.20. The molecule has 0 saturated carbocycles. The quantitative estimate of drug-likeness (QED) is 0.270. The number of ketones is 1. The number of esters is 1. The van der Waals surface area contributed by atoms with E-state index in [2.05, 4.69) is 9.97 Å². The van der Waals surface area contributed by atoms with Gasteiger partial charge >= 0.3 is 5.97 Å².